The van der Waals surface area contributed by atoms with Crippen LogP contribution in [-0.4, -0.2) is 34.8 Å². The van der Waals surface area contributed by atoms with Gasteiger partial charge < -0.3 is 10.2 Å². The zero-order chi connectivity index (χ0) is 13.9. The zero-order valence-electron chi connectivity index (χ0n) is 12.2. The van der Waals surface area contributed by atoms with E-state index in [9.17, 15) is 9.59 Å². The quantitative estimate of drug-likeness (QED) is 0.815. The molecule has 1 N–H and O–H groups in total. The number of amides is 2. The molecule has 1 heterocycles. The van der Waals surface area contributed by atoms with Crippen molar-refractivity contribution in [2.45, 2.75) is 72.0 Å². The summed E-state index contributed by atoms with van der Waals surface area (Å²) in [5, 5.41) is 2.79. The van der Waals surface area contributed by atoms with Crippen molar-refractivity contribution < 1.29 is 9.59 Å². The van der Waals surface area contributed by atoms with Crippen LogP contribution in [0, 0.1) is 5.92 Å². The standard InChI is InChI=1S/C14H26N2O2/c1-6-9(3)8-10(4)16-11(5)13(17)15-12(7-2)14(16)18/h9-12H,6-8H2,1-5H3,(H,15,17). The van der Waals surface area contributed by atoms with E-state index in [1.807, 2.05) is 20.8 Å². The Bertz CT molecular complexity index is 317. The second-order valence-electron chi connectivity index (χ2n) is 5.49. The van der Waals surface area contributed by atoms with Crippen molar-refractivity contribution in [3.63, 3.8) is 0 Å². The number of piperazine rings is 1. The second kappa shape index (κ2) is 6.21. The van der Waals surface area contributed by atoms with Crippen molar-refractivity contribution in [1.82, 2.24) is 10.2 Å². The van der Waals surface area contributed by atoms with Crippen LogP contribution in [0.15, 0.2) is 0 Å². The zero-order valence-corrected chi connectivity index (χ0v) is 12.2. The van der Waals surface area contributed by atoms with Crippen LogP contribution in [0.4, 0.5) is 0 Å². The van der Waals surface area contributed by atoms with Crippen LogP contribution in [0.3, 0.4) is 0 Å². The average molecular weight is 254 g/mol. The Morgan fingerprint density at radius 1 is 1.28 bits per heavy atom. The fourth-order valence-corrected chi connectivity index (χ4v) is 2.59. The van der Waals surface area contributed by atoms with Gasteiger partial charge in [0.2, 0.25) is 11.8 Å². The van der Waals surface area contributed by atoms with E-state index < -0.39 is 0 Å². The largest absolute Gasteiger partial charge is 0.343 e. The number of nitrogens with zero attached hydrogens (tertiary/aromatic N) is 1. The Labute approximate surface area is 110 Å². The smallest absolute Gasteiger partial charge is 0.246 e. The normalized spacial score (nSPS) is 27.9. The maximum absolute atomic E-state index is 12.3. The summed E-state index contributed by atoms with van der Waals surface area (Å²) < 4.78 is 0. The van der Waals surface area contributed by atoms with Gasteiger partial charge in [0.15, 0.2) is 0 Å². The molecule has 0 spiro atoms. The van der Waals surface area contributed by atoms with Gasteiger partial charge in [-0.3, -0.25) is 9.59 Å². The summed E-state index contributed by atoms with van der Waals surface area (Å²) in [7, 11) is 0. The molecule has 104 valence electrons. The minimum Gasteiger partial charge on any atom is -0.343 e. The lowest BCUT2D eigenvalue weighted by Crippen LogP contribution is -2.64. The van der Waals surface area contributed by atoms with Crippen molar-refractivity contribution in [2.24, 2.45) is 5.92 Å². The SMILES string of the molecule is CCC(C)CC(C)N1C(=O)C(CC)NC(=O)C1C. The van der Waals surface area contributed by atoms with Crippen molar-refractivity contribution >= 4 is 11.8 Å². The molecule has 0 aromatic heterocycles. The minimum atomic E-state index is -0.348. The second-order valence-corrected chi connectivity index (χ2v) is 5.49. The summed E-state index contributed by atoms with van der Waals surface area (Å²) in [5.74, 6) is 0.614. The Kier molecular flexibility index (Phi) is 5.17. The Morgan fingerprint density at radius 3 is 2.39 bits per heavy atom. The number of nitrogens with one attached hydrogen (secondary N) is 1. The summed E-state index contributed by atoms with van der Waals surface area (Å²) >= 11 is 0. The lowest BCUT2D eigenvalue weighted by atomic mass is 9.96. The van der Waals surface area contributed by atoms with Gasteiger partial charge in [0.25, 0.3) is 0 Å². The average Bonchev–Trinajstić information content (AvgIpc) is 2.33. The first-order valence-corrected chi connectivity index (χ1v) is 7.04. The molecule has 4 nitrogen and oxygen atoms in total. The predicted molar refractivity (Wildman–Crippen MR) is 72.1 cm³/mol. The van der Waals surface area contributed by atoms with Crippen molar-refractivity contribution in [3.05, 3.63) is 0 Å². The Morgan fingerprint density at radius 2 is 1.89 bits per heavy atom. The van der Waals surface area contributed by atoms with Gasteiger partial charge in [-0.15, -0.1) is 0 Å². The first kappa shape index (κ1) is 15.0. The van der Waals surface area contributed by atoms with Gasteiger partial charge >= 0.3 is 0 Å². The molecule has 18 heavy (non-hydrogen) atoms. The van der Waals surface area contributed by atoms with Gasteiger partial charge in [-0.05, 0) is 32.6 Å². The van der Waals surface area contributed by atoms with Crippen LogP contribution >= 0.6 is 0 Å². The van der Waals surface area contributed by atoms with Gasteiger partial charge in [0, 0.05) is 6.04 Å². The molecular weight excluding hydrogens is 228 g/mol. The van der Waals surface area contributed by atoms with Gasteiger partial charge in [-0.25, -0.2) is 0 Å². The molecule has 0 aromatic carbocycles. The first-order valence-electron chi connectivity index (χ1n) is 7.04. The van der Waals surface area contributed by atoms with E-state index in [4.69, 9.17) is 0 Å². The van der Waals surface area contributed by atoms with Crippen LogP contribution in [-0.2, 0) is 9.59 Å². The highest BCUT2D eigenvalue weighted by atomic mass is 16.2. The van der Waals surface area contributed by atoms with Gasteiger partial charge in [0.1, 0.15) is 12.1 Å². The third kappa shape index (κ3) is 3.03. The number of rotatable bonds is 5. The molecule has 1 rings (SSSR count). The molecule has 1 saturated heterocycles. The topological polar surface area (TPSA) is 49.4 Å². The molecule has 1 aliphatic rings. The van der Waals surface area contributed by atoms with Crippen LogP contribution in [0.1, 0.15) is 53.9 Å². The van der Waals surface area contributed by atoms with E-state index in [1.165, 1.54) is 0 Å². The third-order valence-electron chi connectivity index (χ3n) is 3.99. The van der Waals surface area contributed by atoms with E-state index in [2.05, 4.69) is 19.2 Å². The number of hydrogen-bond acceptors (Lipinski definition) is 2. The fourth-order valence-electron chi connectivity index (χ4n) is 2.59. The molecule has 0 aromatic rings. The van der Waals surface area contributed by atoms with Crippen molar-refractivity contribution in [2.75, 3.05) is 0 Å². The van der Waals surface area contributed by atoms with E-state index in [-0.39, 0.29) is 29.9 Å². The summed E-state index contributed by atoms with van der Waals surface area (Å²) in [6.07, 6.45) is 2.71. The van der Waals surface area contributed by atoms with E-state index in [0.29, 0.717) is 12.3 Å². The third-order valence-corrected chi connectivity index (χ3v) is 3.99. The Balaban J connectivity index is 2.81. The first-order chi connectivity index (χ1) is 8.42. The van der Waals surface area contributed by atoms with E-state index >= 15 is 0 Å². The summed E-state index contributed by atoms with van der Waals surface area (Å²) in [6, 6.07) is -0.560. The molecule has 1 aliphatic heterocycles. The highest BCUT2D eigenvalue weighted by molar-refractivity contribution is 5.96. The van der Waals surface area contributed by atoms with E-state index in [0.717, 1.165) is 12.8 Å². The number of carbonyl (C=O) groups excluding carboxylic acids is 2. The molecule has 0 radical (unpaired) electrons. The van der Waals surface area contributed by atoms with Crippen LogP contribution in [0.25, 0.3) is 0 Å². The highest BCUT2D eigenvalue weighted by Crippen LogP contribution is 2.21. The molecule has 2 amide bonds. The van der Waals surface area contributed by atoms with Crippen molar-refractivity contribution in [1.29, 1.82) is 0 Å². The van der Waals surface area contributed by atoms with Crippen LogP contribution in [0.2, 0.25) is 0 Å². The fraction of sp³-hybridized carbons (Fsp3) is 0.857. The molecule has 0 bridgehead atoms. The van der Waals surface area contributed by atoms with Gasteiger partial charge in [0.05, 0.1) is 0 Å². The lowest BCUT2D eigenvalue weighted by molar-refractivity contribution is -0.151. The summed E-state index contributed by atoms with van der Waals surface area (Å²) in [5.41, 5.74) is 0. The molecular formula is C14H26N2O2. The predicted octanol–water partition coefficient (Wildman–Crippen LogP) is 1.94. The highest BCUT2D eigenvalue weighted by Gasteiger charge is 2.39. The molecule has 0 saturated carbocycles. The monoisotopic (exact) mass is 254 g/mol. The maximum atomic E-state index is 12.3. The maximum Gasteiger partial charge on any atom is 0.246 e. The molecule has 4 unspecified atom stereocenters. The number of hydrogen-bond donors (Lipinski definition) is 1. The summed E-state index contributed by atoms with van der Waals surface area (Å²) in [6.45, 7) is 10.1. The summed E-state index contributed by atoms with van der Waals surface area (Å²) in [4.78, 5) is 26.0. The molecule has 1 fully saturated rings. The molecule has 4 heteroatoms. The van der Waals surface area contributed by atoms with Gasteiger partial charge in [-0.1, -0.05) is 27.2 Å². The minimum absolute atomic E-state index is 0.0301. The lowest BCUT2D eigenvalue weighted by Gasteiger charge is -2.41. The van der Waals surface area contributed by atoms with E-state index in [1.54, 1.807) is 4.90 Å². The van der Waals surface area contributed by atoms with Gasteiger partial charge in [-0.2, -0.15) is 0 Å². The van der Waals surface area contributed by atoms with Crippen LogP contribution < -0.4 is 5.32 Å². The molecule has 0 aliphatic carbocycles. The Hall–Kier alpha value is -1.06. The van der Waals surface area contributed by atoms with Crippen molar-refractivity contribution in [3.8, 4) is 0 Å². The van der Waals surface area contributed by atoms with Crippen LogP contribution in [0.5, 0.6) is 0 Å². The number of carbonyl (C=O) groups is 2. The molecule has 4 atom stereocenters.